The van der Waals surface area contributed by atoms with Gasteiger partial charge in [-0.05, 0) is 43.0 Å². The second-order valence-corrected chi connectivity index (χ2v) is 5.60. The van der Waals surface area contributed by atoms with Crippen molar-refractivity contribution in [3.63, 3.8) is 0 Å². The maximum atomic E-state index is 6.01. The van der Waals surface area contributed by atoms with Crippen molar-refractivity contribution >= 4 is 22.3 Å². The molecule has 19 heavy (non-hydrogen) atoms. The normalized spacial score (nSPS) is 16.1. The molecule has 2 N–H and O–H groups in total. The predicted octanol–water partition coefficient (Wildman–Crippen LogP) is 3.44. The molecule has 1 aromatic heterocycles. The first-order chi connectivity index (χ1) is 9.25. The zero-order chi connectivity index (χ0) is 13.2. The van der Waals surface area contributed by atoms with Gasteiger partial charge in [-0.2, -0.15) is 0 Å². The highest BCUT2D eigenvalue weighted by atomic mass is 15.1. The van der Waals surface area contributed by atoms with E-state index < -0.39 is 0 Å². The van der Waals surface area contributed by atoms with Crippen LogP contribution in [-0.4, -0.2) is 18.6 Å². The van der Waals surface area contributed by atoms with E-state index in [1.54, 1.807) is 6.20 Å². The van der Waals surface area contributed by atoms with Crippen molar-refractivity contribution in [3.8, 4) is 0 Å². The van der Waals surface area contributed by atoms with Gasteiger partial charge in [0.1, 0.15) is 0 Å². The summed E-state index contributed by atoms with van der Waals surface area (Å²) in [4.78, 5) is 6.76. The molecule has 1 aromatic carbocycles. The first-order valence-electron chi connectivity index (χ1n) is 7.10. The van der Waals surface area contributed by atoms with Gasteiger partial charge in [0, 0.05) is 30.9 Å². The van der Waals surface area contributed by atoms with Crippen LogP contribution >= 0.6 is 0 Å². The third kappa shape index (κ3) is 2.37. The highest BCUT2D eigenvalue weighted by molar-refractivity contribution is 5.98. The molecule has 3 heteroatoms. The van der Waals surface area contributed by atoms with E-state index in [1.165, 1.54) is 31.4 Å². The van der Waals surface area contributed by atoms with Gasteiger partial charge < -0.3 is 10.6 Å². The minimum atomic E-state index is 0.758. The van der Waals surface area contributed by atoms with E-state index in [1.807, 2.05) is 12.1 Å². The van der Waals surface area contributed by atoms with Gasteiger partial charge in [0.05, 0.1) is 11.2 Å². The number of benzene rings is 1. The molecule has 0 amide bonds. The van der Waals surface area contributed by atoms with Crippen LogP contribution in [0.3, 0.4) is 0 Å². The second kappa shape index (κ2) is 5.08. The summed E-state index contributed by atoms with van der Waals surface area (Å²) in [6.07, 6.45) is 7.33. The molecule has 3 nitrogen and oxygen atoms in total. The fourth-order valence-corrected chi connectivity index (χ4v) is 3.19. The van der Waals surface area contributed by atoms with Crippen molar-refractivity contribution in [1.82, 2.24) is 4.98 Å². The van der Waals surface area contributed by atoms with Crippen LogP contribution in [-0.2, 0) is 0 Å². The van der Waals surface area contributed by atoms with Gasteiger partial charge in [0.15, 0.2) is 0 Å². The first kappa shape index (κ1) is 12.3. The third-order valence-corrected chi connectivity index (χ3v) is 4.20. The van der Waals surface area contributed by atoms with E-state index in [9.17, 15) is 0 Å². The summed E-state index contributed by atoms with van der Waals surface area (Å²) < 4.78 is 0. The molecule has 0 radical (unpaired) electrons. The highest BCUT2D eigenvalue weighted by Crippen LogP contribution is 2.31. The molecular weight excluding hydrogens is 234 g/mol. The van der Waals surface area contributed by atoms with Gasteiger partial charge in [-0.25, -0.2) is 0 Å². The Morgan fingerprint density at radius 1 is 1.26 bits per heavy atom. The standard InChI is InChI=1S/C16H21N3/c1-19(11-12-5-2-3-6-12)15-9-8-14(17)16-13(15)7-4-10-18-16/h4,7-10,12H,2-3,5-6,11,17H2,1H3. The van der Waals surface area contributed by atoms with Gasteiger partial charge in [-0.3, -0.25) is 4.98 Å². The second-order valence-electron chi connectivity index (χ2n) is 5.60. The summed E-state index contributed by atoms with van der Waals surface area (Å²) in [5, 5.41) is 1.16. The summed E-state index contributed by atoms with van der Waals surface area (Å²) in [5.41, 5.74) is 8.92. The third-order valence-electron chi connectivity index (χ3n) is 4.20. The summed E-state index contributed by atoms with van der Waals surface area (Å²) in [5.74, 6) is 0.842. The van der Waals surface area contributed by atoms with Crippen LogP contribution in [0.2, 0.25) is 0 Å². The summed E-state index contributed by atoms with van der Waals surface area (Å²) in [6.45, 7) is 1.13. The first-order valence-corrected chi connectivity index (χ1v) is 7.10. The van der Waals surface area contributed by atoms with Crippen LogP contribution in [0.15, 0.2) is 30.5 Å². The Labute approximate surface area is 114 Å². The number of nitrogen functional groups attached to an aromatic ring is 1. The quantitative estimate of drug-likeness (QED) is 0.854. The van der Waals surface area contributed by atoms with Crippen molar-refractivity contribution in [1.29, 1.82) is 0 Å². The maximum absolute atomic E-state index is 6.01. The predicted molar refractivity (Wildman–Crippen MR) is 81.4 cm³/mol. The van der Waals surface area contributed by atoms with E-state index in [4.69, 9.17) is 5.73 Å². The fraction of sp³-hybridized carbons (Fsp3) is 0.438. The molecular formula is C16H21N3. The van der Waals surface area contributed by atoms with Gasteiger partial charge in [0.2, 0.25) is 0 Å². The molecule has 1 aliphatic carbocycles. The van der Waals surface area contributed by atoms with Gasteiger partial charge in [-0.1, -0.05) is 12.8 Å². The zero-order valence-corrected chi connectivity index (χ0v) is 11.5. The Kier molecular flexibility index (Phi) is 3.28. The van der Waals surface area contributed by atoms with Crippen molar-refractivity contribution in [3.05, 3.63) is 30.5 Å². The Bertz CT molecular complexity index is 573. The smallest absolute Gasteiger partial charge is 0.0951 e. The average Bonchev–Trinajstić information content (AvgIpc) is 2.92. The topological polar surface area (TPSA) is 42.1 Å². The lowest BCUT2D eigenvalue weighted by Crippen LogP contribution is -2.24. The van der Waals surface area contributed by atoms with Crippen LogP contribution in [0.4, 0.5) is 11.4 Å². The molecule has 0 bridgehead atoms. The summed E-state index contributed by atoms with van der Waals surface area (Å²) in [6, 6.07) is 8.18. The Balaban J connectivity index is 1.93. The van der Waals surface area contributed by atoms with E-state index in [0.717, 1.165) is 29.1 Å². The van der Waals surface area contributed by atoms with Crippen molar-refractivity contribution in [2.24, 2.45) is 5.92 Å². The molecule has 1 heterocycles. The van der Waals surface area contributed by atoms with Crippen LogP contribution in [0, 0.1) is 5.92 Å². The summed E-state index contributed by atoms with van der Waals surface area (Å²) in [7, 11) is 2.18. The molecule has 0 unspecified atom stereocenters. The number of hydrogen-bond donors (Lipinski definition) is 1. The SMILES string of the molecule is CN(CC1CCCC1)c1ccc(N)c2ncccc12. The van der Waals surface area contributed by atoms with Crippen LogP contribution in [0.5, 0.6) is 0 Å². The molecule has 1 aliphatic rings. The lowest BCUT2D eigenvalue weighted by Gasteiger charge is -2.24. The molecule has 0 atom stereocenters. The van der Waals surface area contributed by atoms with Gasteiger partial charge >= 0.3 is 0 Å². The Morgan fingerprint density at radius 3 is 2.84 bits per heavy atom. The number of pyridine rings is 1. The van der Waals surface area contributed by atoms with Crippen LogP contribution in [0.25, 0.3) is 10.9 Å². The number of nitrogens with two attached hydrogens (primary N) is 1. The molecule has 1 fully saturated rings. The van der Waals surface area contributed by atoms with Crippen molar-refractivity contribution in [2.75, 3.05) is 24.2 Å². The zero-order valence-electron chi connectivity index (χ0n) is 11.5. The molecule has 3 rings (SSSR count). The number of fused-ring (bicyclic) bond motifs is 1. The minimum Gasteiger partial charge on any atom is -0.397 e. The van der Waals surface area contributed by atoms with E-state index in [2.05, 4.69) is 29.1 Å². The Hall–Kier alpha value is -1.77. The lowest BCUT2D eigenvalue weighted by molar-refractivity contribution is 0.547. The van der Waals surface area contributed by atoms with Crippen LogP contribution < -0.4 is 10.6 Å². The number of anilines is 2. The van der Waals surface area contributed by atoms with Gasteiger partial charge in [-0.15, -0.1) is 0 Å². The number of rotatable bonds is 3. The van der Waals surface area contributed by atoms with Crippen molar-refractivity contribution < 1.29 is 0 Å². The number of hydrogen-bond acceptors (Lipinski definition) is 3. The van der Waals surface area contributed by atoms with E-state index >= 15 is 0 Å². The monoisotopic (exact) mass is 255 g/mol. The molecule has 1 saturated carbocycles. The molecule has 0 saturated heterocycles. The maximum Gasteiger partial charge on any atom is 0.0951 e. The van der Waals surface area contributed by atoms with Gasteiger partial charge in [0.25, 0.3) is 0 Å². The number of aromatic nitrogens is 1. The average molecular weight is 255 g/mol. The molecule has 100 valence electrons. The van der Waals surface area contributed by atoms with Crippen molar-refractivity contribution in [2.45, 2.75) is 25.7 Å². The molecule has 2 aromatic rings. The fourth-order valence-electron chi connectivity index (χ4n) is 3.19. The Morgan fingerprint density at radius 2 is 2.05 bits per heavy atom. The number of nitrogens with zero attached hydrogens (tertiary/aromatic N) is 2. The van der Waals surface area contributed by atoms with E-state index in [-0.39, 0.29) is 0 Å². The van der Waals surface area contributed by atoms with E-state index in [0.29, 0.717) is 0 Å². The highest BCUT2D eigenvalue weighted by Gasteiger charge is 2.18. The van der Waals surface area contributed by atoms with Crippen LogP contribution in [0.1, 0.15) is 25.7 Å². The molecule has 0 spiro atoms. The lowest BCUT2D eigenvalue weighted by atomic mass is 10.1. The largest absolute Gasteiger partial charge is 0.397 e. The minimum absolute atomic E-state index is 0.758. The molecule has 0 aliphatic heterocycles. The summed E-state index contributed by atoms with van der Waals surface area (Å²) >= 11 is 0.